The largest absolute Gasteiger partial charge is 0.341 e. The molecule has 21 heavy (non-hydrogen) atoms. The summed E-state index contributed by atoms with van der Waals surface area (Å²) in [6.07, 6.45) is 0.841. The van der Waals surface area contributed by atoms with E-state index in [2.05, 4.69) is 22.4 Å². The molecule has 2 aliphatic rings. The van der Waals surface area contributed by atoms with E-state index < -0.39 is 0 Å². The van der Waals surface area contributed by atoms with Gasteiger partial charge in [0.25, 0.3) is 5.91 Å². The van der Waals surface area contributed by atoms with Crippen molar-refractivity contribution in [1.82, 2.24) is 9.80 Å². The van der Waals surface area contributed by atoms with Crippen LogP contribution in [-0.2, 0) is 11.2 Å². The molecule has 3 rings (SSSR count). The second-order valence-corrected chi connectivity index (χ2v) is 6.71. The highest BCUT2D eigenvalue weighted by atomic mass is 32.2. The number of likely N-dealkylation sites (N-methyl/N-ethyl adjacent to an activating group) is 2. The number of nitrogens with zero attached hydrogens (tertiary/aromatic N) is 2. The fourth-order valence-electron chi connectivity index (χ4n) is 2.17. The van der Waals surface area contributed by atoms with Gasteiger partial charge in [0.1, 0.15) is 4.91 Å². The van der Waals surface area contributed by atoms with E-state index in [1.807, 2.05) is 25.2 Å². The summed E-state index contributed by atoms with van der Waals surface area (Å²) in [4.78, 5) is 16.2. The molecule has 0 radical (unpaired) electrons. The number of hydrogen-bond donors (Lipinski definition) is 1. The first kappa shape index (κ1) is 14.3. The quantitative estimate of drug-likeness (QED) is 0.852. The van der Waals surface area contributed by atoms with Crippen molar-refractivity contribution in [1.29, 1.82) is 5.41 Å². The number of rotatable bonds is 2. The predicted molar refractivity (Wildman–Crippen MR) is 88.7 cm³/mol. The van der Waals surface area contributed by atoms with Crippen molar-refractivity contribution in [2.24, 2.45) is 0 Å². The topological polar surface area (TPSA) is 47.4 Å². The number of amidine groups is 1. The fraction of sp³-hybridized carbons (Fsp3) is 0.200. The number of allylic oxidation sites excluding steroid dienone is 1. The van der Waals surface area contributed by atoms with Gasteiger partial charge in [-0.25, -0.2) is 0 Å². The molecule has 1 aromatic carbocycles. The van der Waals surface area contributed by atoms with E-state index in [1.165, 1.54) is 27.9 Å². The fourth-order valence-corrected chi connectivity index (χ4v) is 4.26. The van der Waals surface area contributed by atoms with E-state index >= 15 is 0 Å². The van der Waals surface area contributed by atoms with Crippen molar-refractivity contribution >= 4 is 34.6 Å². The minimum atomic E-state index is -0.0892. The van der Waals surface area contributed by atoms with E-state index in [-0.39, 0.29) is 11.1 Å². The average Bonchev–Trinajstić information content (AvgIpc) is 2.96. The SMILES string of the molecule is CN1C(=N)S/C(=C2\SC=C(Cc3ccccc3)N2C)C1=O. The molecule has 0 unspecified atom stereocenters. The zero-order chi connectivity index (χ0) is 15.0. The van der Waals surface area contributed by atoms with Gasteiger partial charge in [0, 0.05) is 26.2 Å². The maximum absolute atomic E-state index is 12.2. The monoisotopic (exact) mass is 317 g/mol. The molecule has 4 nitrogen and oxygen atoms in total. The number of hydrogen-bond acceptors (Lipinski definition) is 5. The third kappa shape index (κ3) is 2.61. The van der Waals surface area contributed by atoms with Crippen LogP contribution >= 0.6 is 23.5 Å². The van der Waals surface area contributed by atoms with E-state index in [0.29, 0.717) is 4.91 Å². The van der Waals surface area contributed by atoms with Gasteiger partial charge in [0.05, 0.1) is 5.03 Å². The van der Waals surface area contributed by atoms with Gasteiger partial charge in [-0.1, -0.05) is 42.1 Å². The Kier molecular flexibility index (Phi) is 3.82. The summed E-state index contributed by atoms with van der Waals surface area (Å²) in [5.41, 5.74) is 2.42. The number of benzene rings is 1. The number of thioether (sulfide) groups is 2. The summed E-state index contributed by atoms with van der Waals surface area (Å²) < 4.78 is 0. The Morgan fingerprint density at radius 2 is 1.86 bits per heavy atom. The van der Waals surface area contributed by atoms with E-state index in [0.717, 1.165) is 11.4 Å². The van der Waals surface area contributed by atoms with Gasteiger partial charge in [0.15, 0.2) is 5.17 Å². The van der Waals surface area contributed by atoms with Crippen molar-refractivity contribution in [2.45, 2.75) is 6.42 Å². The molecule has 0 atom stereocenters. The molecule has 6 heteroatoms. The zero-order valence-electron chi connectivity index (χ0n) is 11.8. The van der Waals surface area contributed by atoms with E-state index in [9.17, 15) is 4.79 Å². The van der Waals surface area contributed by atoms with E-state index in [1.54, 1.807) is 18.8 Å². The first-order valence-corrected chi connectivity index (χ1v) is 8.19. The Morgan fingerprint density at radius 3 is 2.48 bits per heavy atom. The molecule has 0 aliphatic carbocycles. The molecular weight excluding hydrogens is 302 g/mol. The van der Waals surface area contributed by atoms with Crippen LogP contribution in [0, 0.1) is 5.41 Å². The lowest BCUT2D eigenvalue weighted by Gasteiger charge is -2.18. The molecule has 0 bridgehead atoms. The summed E-state index contributed by atoms with van der Waals surface area (Å²) in [7, 11) is 3.62. The second kappa shape index (κ2) is 5.61. The van der Waals surface area contributed by atoms with Gasteiger partial charge < -0.3 is 4.90 Å². The number of carbonyl (C=O) groups excluding carboxylic acids is 1. The molecule has 108 valence electrons. The van der Waals surface area contributed by atoms with Gasteiger partial charge in [-0.2, -0.15) is 0 Å². The first-order chi connectivity index (χ1) is 10.1. The molecule has 0 saturated carbocycles. The van der Waals surface area contributed by atoms with E-state index in [4.69, 9.17) is 5.41 Å². The van der Waals surface area contributed by atoms with Crippen molar-refractivity contribution in [2.75, 3.05) is 14.1 Å². The Hall–Kier alpha value is -1.66. The summed E-state index contributed by atoms with van der Waals surface area (Å²) in [6.45, 7) is 0. The summed E-state index contributed by atoms with van der Waals surface area (Å²) in [5.74, 6) is -0.0892. The normalized spacial score (nSPS) is 22.3. The maximum Gasteiger partial charge on any atom is 0.269 e. The van der Waals surface area contributed by atoms with Crippen LogP contribution < -0.4 is 0 Å². The zero-order valence-corrected chi connectivity index (χ0v) is 13.4. The number of nitrogens with one attached hydrogen (secondary N) is 1. The lowest BCUT2D eigenvalue weighted by Crippen LogP contribution is -2.24. The van der Waals surface area contributed by atoms with Crippen LogP contribution in [0.25, 0.3) is 0 Å². The molecule has 1 amide bonds. The Bertz CT molecular complexity index is 667. The predicted octanol–water partition coefficient (Wildman–Crippen LogP) is 3.06. The molecule has 1 fully saturated rings. The summed E-state index contributed by atoms with van der Waals surface area (Å²) >= 11 is 2.80. The number of carbonyl (C=O) groups is 1. The minimum Gasteiger partial charge on any atom is -0.341 e. The highest BCUT2D eigenvalue weighted by molar-refractivity contribution is 8.19. The highest BCUT2D eigenvalue weighted by Gasteiger charge is 2.35. The van der Waals surface area contributed by atoms with Crippen LogP contribution in [0.4, 0.5) is 0 Å². The smallest absolute Gasteiger partial charge is 0.269 e. The minimum absolute atomic E-state index is 0.0892. The lowest BCUT2D eigenvalue weighted by atomic mass is 10.1. The molecule has 0 spiro atoms. The molecule has 1 N–H and O–H groups in total. The van der Waals surface area contributed by atoms with Crippen molar-refractivity contribution in [3.05, 3.63) is 56.9 Å². The van der Waals surface area contributed by atoms with Crippen molar-refractivity contribution in [3.8, 4) is 0 Å². The molecule has 2 aliphatic heterocycles. The third-order valence-electron chi connectivity index (χ3n) is 3.47. The van der Waals surface area contributed by atoms with Crippen LogP contribution in [0.1, 0.15) is 5.56 Å². The molecule has 1 saturated heterocycles. The van der Waals surface area contributed by atoms with Crippen LogP contribution in [0.2, 0.25) is 0 Å². The Morgan fingerprint density at radius 1 is 1.14 bits per heavy atom. The van der Waals surface area contributed by atoms with Crippen molar-refractivity contribution < 1.29 is 4.79 Å². The molecular formula is C15H15N3OS2. The lowest BCUT2D eigenvalue weighted by molar-refractivity contribution is -0.121. The summed E-state index contributed by atoms with van der Waals surface area (Å²) in [6, 6.07) is 10.3. The van der Waals surface area contributed by atoms with Gasteiger partial charge in [-0.3, -0.25) is 15.1 Å². The van der Waals surface area contributed by atoms with Crippen molar-refractivity contribution in [3.63, 3.8) is 0 Å². The van der Waals surface area contributed by atoms with Crippen LogP contribution in [0.3, 0.4) is 0 Å². The van der Waals surface area contributed by atoms with Gasteiger partial charge in [0.2, 0.25) is 0 Å². The standard InChI is InChI=1S/C15H15N3OS2/c1-17-11(8-10-6-4-3-5-7-10)9-20-14(17)12-13(19)18(2)15(16)21-12/h3-7,9,16H,8H2,1-2H3/b14-12-,16-15?. The third-order valence-corrected chi connectivity index (χ3v) is 5.73. The highest BCUT2D eigenvalue weighted by Crippen LogP contribution is 2.42. The van der Waals surface area contributed by atoms with Gasteiger partial charge in [-0.05, 0) is 22.7 Å². The Labute approximate surface area is 132 Å². The van der Waals surface area contributed by atoms with Gasteiger partial charge >= 0.3 is 0 Å². The first-order valence-electron chi connectivity index (χ1n) is 6.50. The summed E-state index contributed by atoms with van der Waals surface area (Å²) in [5, 5.41) is 11.1. The van der Waals surface area contributed by atoms with Crippen LogP contribution in [0.5, 0.6) is 0 Å². The van der Waals surface area contributed by atoms with Gasteiger partial charge in [-0.15, -0.1) is 0 Å². The molecule has 0 aromatic heterocycles. The Balaban J connectivity index is 1.82. The number of amides is 1. The molecule has 2 heterocycles. The maximum atomic E-state index is 12.2. The molecule has 1 aromatic rings. The van der Waals surface area contributed by atoms with Crippen LogP contribution in [0.15, 0.2) is 51.4 Å². The second-order valence-electron chi connectivity index (χ2n) is 4.85. The van der Waals surface area contributed by atoms with Crippen LogP contribution in [-0.4, -0.2) is 35.0 Å². The average molecular weight is 317 g/mol.